The largest absolute Gasteiger partial charge is 0.492 e. The third-order valence-electron chi connectivity index (χ3n) is 3.64. The molecule has 120 valence electrons. The van der Waals surface area contributed by atoms with Gasteiger partial charge in [0.25, 0.3) is 0 Å². The fraction of sp³-hybridized carbons (Fsp3) is 0.500. The molecule has 1 aliphatic heterocycles. The van der Waals surface area contributed by atoms with Gasteiger partial charge in [-0.2, -0.15) is 0 Å². The lowest BCUT2D eigenvalue weighted by molar-refractivity contribution is -0.129. The zero-order valence-electron chi connectivity index (χ0n) is 12.8. The SMILES string of the molecule is CC(C)N1C[C@@H](C(=O)NCCOc2ccc(Cl)cc2)CC1=O. The second-order valence-electron chi connectivity index (χ2n) is 5.63. The van der Waals surface area contributed by atoms with E-state index in [0.717, 1.165) is 0 Å². The van der Waals surface area contributed by atoms with Crippen molar-refractivity contribution < 1.29 is 14.3 Å². The highest BCUT2D eigenvalue weighted by molar-refractivity contribution is 6.30. The van der Waals surface area contributed by atoms with Crippen molar-refractivity contribution in [1.82, 2.24) is 10.2 Å². The topological polar surface area (TPSA) is 58.6 Å². The van der Waals surface area contributed by atoms with Crippen molar-refractivity contribution in [3.63, 3.8) is 0 Å². The smallest absolute Gasteiger partial charge is 0.225 e. The van der Waals surface area contributed by atoms with E-state index in [1.165, 1.54) is 0 Å². The molecule has 6 heteroatoms. The molecule has 2 amide bonds. The highest BCUT2D eigenvalue weighted by Crippen LogP contribution is 2.20. The maximum absolute atomic E-state index is 12.1. The number of benzene rings is 1. The minimum absolute atomic E-state index is 0.0487. The quantitative estimate of drug-likeness (QED) is 0.815. The Morgan fingerprint density at radius 1 is 1.41 bits per heavy atom. The summed E-state index contributed by atoms with van der Waals surface area (Å²) in [6.45, 7) is 5.20. The van der Waals surface area contributed by atoms with Gasteiger partial charge in [-0.3, -0.25) is 9.59 Å². The third-order valence-corrected chi connectivity index (χ3v) is 3.89. The Balaban J connectivity index is 1.70. The maximum Gasteiger partial charge on any atom is 0.225 e. The molecule has 0 aromatic heterocycles. The highest BCUT2D eigenvalue weighted by Gasteiger charge is 2.35. The van der Waals surface area contributed by atoms with Gasteiger partial charge in [0.05, 0.1) is 12.5 Å². The van der Waals surface area contributed by atoms with Crippen LogP contribution in [0.15, 0.2) is 24.3 Å². The van der Waals surface area contributed by atoms with Crippen LogP contribution in [0, 0.1) is 5.92 Å². The number of amides is 2. The normalized spacial score (nSPS) is 17.9. The lowest BCUT2D eigenvalue weighted by Crippen LogP contribution is -2.36. The van der Waals surface area contributed by atoms with Crippen molar-refractivity contribution >= 4 is 23.4 Å². The Morgan fingerprint density at radius 3 is 2.68 bits per heavy atom. The van der Waals surface area contributed by atoms with E-state index >= 15 is 0 Å². The molecular weight excluding hydrogens is 304 g/mol. The van der Waals surface area contributed by atoms with E-state index in [-0.39, 0.29) is 23.8 Å². The number of likely N-dealkylation sites (tertiary alicyclic amines) is 1. The van der Waals surface area contributed by atoms with Crippen LogP contribution in [0.5, 0.6) is 5.75 Å². The predicted molar refractivity (Wildman–Crippen MR) is 84.9 cm³/mol. The monoisotopic (exact) mass is 324 g/mol. The molecule has 0 saturated carbocycles. The third kappa shape index (κ3) is 4.37. The number of nitrogens with zero attached hydrogens (tertiary/aromatic N) is 1. The summed E-state index contributed by atoms with van der Waals surface area (Å²) in [5.74, 6) is 0.412. The maximum atomic E-state index is 12.1. The molecule has 1 N–H and O–H groups in total. The number of ether oxygens (including phenoxy) is 1. The Hall–Kier alpha value is -1.75. The molecule has 0 aliphatic carbocycles. The summed E-state index contributed by atoms with van der Waals surface area (Å²) >= 11 is 5.79. The van der Waals surface area contributed by atoms with Gasteiger partial charge in [0, 0.05) is 24.0 Å². The first-order valence-corrected chi connectivity index (χ1v) is 7.80. The number of hydrogen-bond acceptors (Lipinski definition) is 3. The molecule has 0 bridgehead atoms. The molecule has 2 rings (SSSR count). The molecule has 1 fully saturated rings. The van der Waals surface area contributed by atoms with Gasteiger partial charge < -0.3 is 15.0 Å². The molecule has 22 heavy (non-hydrogen) atoms. The van der Waals surface area contributed by atoms with Crippen molar-refractivity contribution in [3.05, 3.63) is 29.3 Å². The van der Waals surface area contributed by atoms with Crippen LogP contribution in [0.4, 0.5) is 0 Å². The first-order valence-electron chi connectivity index (χ1n) is 7.43. The summed E-state index contributed by atoms with van der Waals surface area (Å²) in [6, 6.07) is 7.19. The molecule has 1 aromatic rings. The van der Waals surface area contributed by atoms with Crippen molar-refractivity contribution in [2.24, 2.45) is 5.92 Å². The van der Waals surface area contributed by atoms with E-state index < -0.39 is 0 Å². The van der Waals surface area contributed by atoms with E-state index in [0.29, 0.717) is 36.9 Å². The number of rotatable bonds is 6. The van der Waals surface area contributed by atoms with Gasteiger partial charge in [-0.05, 0) is 38.1 Å². The molecule has 1 aliphatic rings. The van der Waals surface area contributed by atoms with E-state index in [2.05, 4.69) is 5.32 Å². The van der Waals surface area contributed by atoms with Gasteiger partial charge in [0.15, 0.2) is 0 Å². The van der Waals surface area contributed by atoms with Gasteiger partial charge >= 0.3 is 0 Å². The molecule has 0 radical (unpaired) electrons. The Morgan fingerprint density at radius 2 is 2.09 bits per heavy atom. The summed E-state index contributed by atoms with van der Waals surface area (Å²) in [5, 5.41) is 3.47. The molecule has 1 aromatic carbocycles. The van der Waals surface area contributed by atoms with Crippen molar-refractivity contribution in [2.75, 3.05) is 19.7 Å². The van der Waals surface area contributed by atoms with Gasteiger partial charge in [0.1, 0.15) is 12.4 Å². The van der Waals surface area contributed by atoms with E-state index in [1.54, 1.807) is 29.2 Å². The number of hydrogen-bond donors (Lipinski definition) is 1. The second-order valence-corrected chi connectivity index (χ2v) is 6.07. The van der Waals surface area contributed by atoms with Crippen LogP contribution in [-0.2, 0) is 9.59 Å². The summed E-state index contributed by atoms with van der Waals surface area (Å²) < 4.78 is 5.50. The predicted octanol–water partition coefficient (Wildman–Crippen LogP) is 2.09. The second kappa shape index (κ2) is 7.49. The fourth-order valence-electron chi connectivity index (χ4n) is 2.42. The Bertz CT molecular complexity index is 531. The first kappa shape index (κ1) is 16.6. The summed E-state index contributed by atoms with van der Waals surface area (Å²) in [5.41, 5.74) is 0. The number of carbonyl (C=O) groups excluding carboxylic acids is 2. The Kier molecular flexibility index (Phi) is 5.66. The van der Waals surface area contributed by atoms with Crippen LogP contribution in [0.25, 0.3) is 0 Å². The van der Waals surface area contributed by atoms with Crippen molar-refractivity contribution in [2.45, 2.75) is 26.3 Å². The van der Waals surface area contributed by atoms with Gasteiger partial charge in [-0.1, -0.05) is 11.6 Å². The van der Waals surface area contributed by atoms with E-state index in [9.17, 15) is 9.59 Å². The van der Waals surface area contributed by atoms with Crippen LogP contribution >= 0.6 is 11.6 Å². The molecule has 5 nitrogen and oxygen atoms in total. The van der Waals surface area contributed by atoms with E-state index in [1.807, 2.05) is 13.8 Å². The molecule has 0 spiro atoms. The van der Waals surface area contributed by atoms with Gasteiger partial charge in [0.2, 0.25) is 11.8 Å². The standard InChI is InChI=1S/C16H21ClN2O3/c1-11(2)19-10-12(9-15(19)20)16(21)18-7-8-22-14-5-3-13(17)4-6-14/h3-6,11-12H,7-10H2,1-2H3,(H,18,21)/t12-/m0/s1. The number of nitrogens with one attached hydrogen (secondary N) is 1. The van der Waals surface area contributed by atoms with Crippen molar-refractivity contribution in [3.8, 4) is 5.75 Å². The molecule has 0 unspecified atom stereocenters. The first-order chi connectivity index (χ1) is 10.5. The average molecular weight is 325 g/mol. The summed E-state index contributed by atoms with van der Waals surface area (Å²) in [6.07, 6.45) is 0.294. The molecule has 1 heterocycles. The fourth-order valence-corrected chi connectivity index (χ4v) is 2.55. The highest BCUT2D eigenvalue weighted by atomic mass is 35.5. The van der Waals surface area contributed by atoms with Crippen molar-refractivity contribution in [1.29, 1.82) is 0 Å². The minimum Gasteiger partial charge on any atom is -0.492 e. The minimum atomic E-state index is -0.259. The van der Waals surface area contributed by atoms with Crippen LogP contribution < -0.4 is 10.1 Å². The molecule has 1 saturated heterocycles. The van der Waals surface area contributed by atoms with E-state index in [4.69, 9.17) is 16.3 Å². The average Bonchev–Trinajstić information content (AvgIpc) is 2.87. The van der Waals surface area contributed by atoms with Crippen LogP contribution in [0.3, 0.4) is 0 Å². The zero-order chi connectivity index (χ0) is 16.1. The summed E-state index contributed by atoms with van der Waals surface area (Å²) in [4.78, 5) is 25.6. The van der Waals surface area contributed by atoms with Crippen LogP contribution in [0.1, 0.15) is 20.3 Å². The Labute approximate surface area is 135 Å². The molecular formula is C16H21ClN2O3. The van der Waals surface area contributed by atoms with Gasteiger partial charge in [-0.15, -0.1) is 0 Å². The zero-order valence-corrected chi connectivity index (χ0v) is 13.6. The molecule has 1 atom stereocenters. The van der Waals surface area contributed by atoms with Gasteiger partial charge in [-0.25, -0.2) is 0 Å². The number of carbonyl (C=O) groups is 2. The lowest BCUT2D eigenvalue weighted by Gasteiger charge is -2.20. The van der Waals surface area contributed by atoms with Crippen LogP contribution in [0.2, 0.25) is 5.02 Å². The summed E-state index contributed by atoms with van der Waals surface area (Å²) in [7, 11) is 0. The van der Waals surface area contributed by atoms with Crippen LogP contribution in [-0.4, -0.2) is 42.5 Å². The lowest BCUT2D eigenvalue weighted by atomic mass is 10.1. The number of halogens is 1.